The lowest BCUT2D eigenvalue weighted by molar-refractivity contribution is -0.841. The Hall–Kier alpha value is -3.84. The van der Waals surface area contributed by atoms with Gasteiger partial charge >= 0.3 is 0 Å². The molecule has 0 saturated heterocycles. The van der Waals surface area contributed by atoms with E-state index >= 15 is 0 Å². The minimum absolute atomic E-state index is 0.274. The molecule has 0 saturated carbocycles. The number of aromatic amines is 1. The number of pyridine rings is 1. The van der Waals surface area contributed by atoms with Crippen LogP contribution in [0.15, 0.2) is 83.2 Å². The third kappa shape index (κ3) is 5.78. The molecule has 194 valence electrons. The molecule has 0 aliphatic rings. The first kappa shape index (κ1) is 27.7. The van der Waals surface area contributed by atoms with Gasteiger partial charge in [-0.1, -0.05) is 37.5 Å². The van der Waals surface area contributed by atoms with Gasteiger partial charge in [-0.3, -0.25) is 14.6 Å². The molecule has 0 aromatic carbocycles. The van der Waals surface area contributed by atoms with Gasteiger partial charge in [-0.25, -0.2) is 9.98 Å². The summed E-state index contributed by atoms with van der Waals surface area (Å²) in [5.41, 5.74) is 6.86. The molecule has 0 radical (unpaired) electrons. The van der Waals surface area contributed by atoms with Gasteiger partial charge in [0.25, 0.3) is 0 Å². The quantitative estimate of drug-likeness (QED) is 0.154. The first-order chi connectivity index (χ1) is 17.5. The van der Waals surface area contributed by atoms with Gasteiger partial charge in [-0.2, -0.15) is 4.63 Å². The molecule has 0 amide bonds. The number of quaternary nitrogens is 1. The van der Waals surface area contributed by atoms with E-state index in [4.69, 9.17) is 9.98 Å². The minimum atomic E-state index is 0.274. The number of hydrogen-bond donors (Lipinski definition) is 1. The molecule has 7 heteroatoms. The van der Waals surface area contributed by atoms with Gasteiger partial charge in [0.2, 0.25) is 5.84 Å². The molecule has 0 bridgehead atoms. The van der Waals surface area contributed by atoms with Gasteiger partial charge in [0, 0.05) is 17.5 Å². The Morgan fingerprint density at radius 1 is 1.24 bits per heavy atom. The summed E-state index contributed by atoms with van der Waals surface area (Å²) in [6.45, 7) is 24.1. The lowest BCUT2D eigenvalue weighted by atomic mass is 9.94. The van der Waals surface area contributed by atoms with Gasteiger partial charge in [-0.15, -0.1) is 5.10 Å². The van der Waals surface area contributed by atoms with Crippen LogP contribution in [-0.2, 0) is 0 Å². The number of nitrogens with zero attached hydrogens (tertiary/aromatic N) is 6. The molecule has 0 aliphatic heterocycles. The topological polar surface area (TPSA) is 71.2 Å². The van der Waals surface area contributed by atoms with Crippen LogP contribution in [0.4, 0.5) is 0 Å². The van der Waals surface area contributed by atoms with Crippen molar-refractivity contribution in [3.63, 3.8) is 0 Å². The fraction of sp³-hybridized carbons (Fsp3) is 0.333. The van der Waals surface area contributed by atoms with Crippen LogP contribution in [0.25, 0.3) is 23.1 Å². The maximum absolute atomic E-state index is 5.04. The fourth-order valence-electron chi connectivity index (χ4n) is 4.16. The van der Waals surface area contributed by atoms with Crippen molar-refractivity contribution in [2.45, 2.75) is 54.5 Å². The summed E-state index contributed by atoms with van der Waals surface area (Å²) in [6.07, 6.45) is 10.0. The van der Waals surface area contributed by atoms with E-state index in [1.165, 1.54) is 0 Å². The average Bonchev–Trinajstić information content (AvgIpc) is 3.40. The van der Waals surface area contributed by atoms with Crippen LogP contribution in [0.1, 0.15) is 52.9 Å². The molecule has 3 heterocycles. The monoisotopic (exact) mass is 498 g/mol. The van der Waals surface area contributed by atoms with E-state index in [1.54, 1.807) is 10.8 Å². The van der Waals surface area contributed by atoms with Crippen molar-refractivity contribution in [3.05, 3.63) is 89.6 Å². The third-order valence-corrected chi connectivity index (χ3v) is 6.81. The number of allylic oxidation sites excluding steroid dienone is 5. The van der Waals surface area contributed by atoms with Crippen LogP contribution in [0.3, 0.4) is 0 Å². The van der Waals surface area contributed by atoms with E-state index in [0.29, 0.717) is 10.3 Å². The Balaban J connectivity index is 2.44. The zero-order chi connectivity index (χ0) is 27.3. The van der Waals surface area contributed by atoms with Gasteiger partial charge in [0.1, 0.15) is 5.82 Å². The number of H-pyrrole nitrogens is 1. The zero-order valence-corrected chi connectivity index (χ0v) is 23.5. The van der Waals surface area contributed by atoms with Gasteiger partial charge in [-0.05, 0) is 77.8 Å². The maximum atomic E-state index is 5.04. The average molecular weight is 499 g/mol. The Morgan fingerprint density at radius 2 is 1.97 bits per heavy atom. The number of fused-ring (bicyclic) bond motifs is 1. The largest absolute Gasteiger partial charge is 0.275 e. The molecule has 0 fully saturated rings. The number of nitrogens with one attached hydrogen (secondary N) is 1. The summed E-state index contributed by atoms with van der Waals surface area (Å²) in [5.74, 6) is 1.59. The normalized spacial score (nSPS) is 15.1. The predicted octanol–water partition coefficient (Wildman–Crippen LogP) is 6.70. The van der Waals surface area contributed by atoms with Crippen molar-refractivity contribution in [2.24, 2.45) is 4.99 Å². The lowest BCUT2D eigenvalue weighted by Gasteiger charge is -2.38. The van der Waals surface area contributed by atoms with Gasteiger partial charge in [0.05, 0.1) is 36.6 Å². The van der Waals surface area contributed by atoms with Crippen LogP contribution in [0.5, 0.6) is 0 Å². The second-order valence-corrected chi connectivity index (χ2v) is 9.77. The van der Waals surface area contributed by atoms with Crippen molar-refractivity contribution in [3.8, 4) is 11.4 Å². The highest BCUT2D eigenvalue weighted by atomic mass is 15.5. The molecule has 0 aliphatic carbocycles. The van der Waals surface area contributed by atoms with E-state index in [1.807, 2.05) is 51.1 Å². The number of hydrogen-bond acceptors (Lipinski definition) is 4. The van der Waals surface area contributed by atoms with E-state index in [-0.39, 0.29) is 6.04 Å². The van der Waals surface area contributed by atoms with Crippen LogP contribution >= 0.6 is 0 Å². The van der Waals surface area contributed by atoms with Crippen LogP contribution in [-0.4, -0.2) is 54.7 Å². The molecular formula is C30H40N7+. The number of likely N-dealkylation sites (N-methyl/N-ethyl adjacent to an activating group) is 1. The highest BCUT2D eigenvalue weighted by Crippen LogP contribution is 2.32. The van der Waals surface area contributed by atoms with E-state index in [2.05, 4.69) is 75.2 Å². The molecule has 1 N–H and O–H groups in total. The molecule has 1 atom stereocenters. The van der Waals surface area contributed by atoms with Gasteiger partial charge < -0.3 is 0 Å². The summed E-state index contributed by atoms with van der Waals surface area (Å²) in [5, 5.41) is 7.92. The molecule has 37 heavy (non-hydrogen) atoms. The molecule has 3 aromatic heterocycles. The molecular weight excluding hydrogens is 458 g/mol. The second-order valence-electron chi connectivity index (χ2n) is 9.77. The maximum Gasteiger partial charge on any atom is 0.235 e. The third-order valence-electron chi connectivity index (χ3n) is 6.81. The van der Waals surface area contributed by atoms with Gasteiger partial charge in [0.15, 0.2) is 5.65 Å². The van der Waals surface area contributed by atoms with Crippen LogP contribution in [0, 0.1) is 6.92 Å². The fourth-order valence-corrected chi connectivity index (χ4v) is 4.16. The second kappa shape index (κ2) is 11.5. The van der Waals surface area contributed by atoms with Crippen molar-refractivity contribution in [2.75, 3.05) is 13.6 Å². The standard InChI is InChI=1S/C30H40N7/c1-11-13-16-22(7)23(8)25(30(32-20(3)4)37(10,12-2)21(5)6)19-26-28(27-17-14-15-18-31-27)35-36-29(26)33-24(9)34-36/h11,13-19,21,35H,3,8,12H2,1-2,4-7,9-10H3/q+1. The van der Waals surface area contributed by atoms with Crippen LogP contribution in [0.2, 0.25) is 0 Å². The SMILES string of the molecule is C=C(C)N=C(C(=Cc1c(-c2ccccn2)[nH]n2nc(C)nc12)C(=C)C(C)=CC=CC)[N+](C)(CC)C(C)C. The highest BCUT2D eigenvalue weighted by molar-refractivity contribution is 6.05. The summed E-state index contributed by atoms with van der Waals surface area (Å²) in [7, 11) is 2.21. The first-order valence-corrected chi connectivity index (χ1v) is 12.7. The zero-order valence-electron chi connectivity index (χ0n) is 23.5. The number of aliphatic imine (C=N–C) groups is 1. The Bertz CT molecular complexity index is 1410. The van der Waals surface area contributed by atoms with E-state index in [9.17, 15) is 0 Å². The van der Waals surface area contributed by atoms with Crippen molar-refractivity contribution >= 4 is 17.6 Å². The number of rotatable bonds is 9. The Morgan fingerprint density at radius 3 is 2.54 bits per heavy atom. The molecule has 1 unspecified atom stereocenters. The Labute approximate surface area is 220 Å². The van der Waals surface area contributed by atoms with Crippen molar-refractivity contribution in [1.82, 2.24) is 24.8 Å². The number of amidine groups is 1. The summed E-state index contributed by atoms with van der Waals surface area (Å²) in [4.78, 5) is 14.4. The van der Waals surface area contributed by atoms with Crippen LogP contribution < -0.4 is 0 Å². The summed E-state index contributed by atoms with van der Waals surface area (Å²) >= 11 is 0. The molecule has 0 spiro atoms. The van der Waals surface area contributed by atoms with E-state index in [0.717, 1.165) is 57.4 Å². The smallest absolute Gasteiger partial charge is 0.235 e. The number of aryl methyl sites for hydroxylation is 1. The minimum Gasteiger partial charge on any atom is -0.275 e. The first-order valence-electron chi connectivity index (χ1n) is 12.7. The highest BCUT2D eigenvalue weighted by Gasteiger charge is 2.35. The van der Waals surface area contributed by atoms with Crippen molar-refractivity contribution in [1.29, 1.82) is 0 Å². The molecule has 3 aromatic rings. The van der Waals surface area contributed by atoms with E-state index < -0.39 is 0 Å². The summed E-state index contributed by atoms with van der Waals surface area (Å²) < 4.78 is 2.32. The van der Waals surface area contributed by atoms with Crippen molar-refractivity contribution < 1.29 is 4.48 Å². The predicted molar refractivity (Wildman–Crippen MR) is 155 cm³/mol. The Kier molecular flexibility index (Phi) is 8.61. The number of aromatic nitrogens is 5. The lowest BCUT2D eigenvalue weighted by Crippen LogP contribution is -2.54. The molecule has 7 nitrogen and oxygen atoms in total. The summed E-state index contributed by atoms with van der Waals surface area (Å²) in [6, 6.07) is 6.13. The molecule has 3 rings (SSSR count).